The normalized spacial score (nSPS) is 12.0. The summed E-state index contributed by atoms with van der Waals surface area (Å²) in [7, 11) is 1.63. The van der Waals surface area contributed by atoms with Crippen LogP contribution in [0.3, 0.4) is 0 Å². The molecule has 2 aromatic heterocycles. The fraction of sp³-hybridized carbons (Fsp3) is 0.143. The lowest BCUT2D eigenvalue weighted by Gasteiger charge is -2.17. The van der Waals surface area contributed by atoms with Crippen LogP contribution in [0.4, 0.5) is 0 Å². The molecule has 28 heavy (non-hydrogen) atoms. The number of imidazole rings is 1. The smallest absolute Gasteiger partial charge is 0.231 e. The van der Waals surface area contributed by atoms with Gasteiger partial charge in [-0.1, -0.05) is 48.2 Å². The molecule has 1 atom stereocenters. The first kappa shape index (κ1) is 18.6. The number of benzene rings is 2. The van der Waals surface area contributed by atoms with Gasteiger partial charge in [0.05, 0.1) is 29.9 Å². The van der Waals surface area contributed by atoms with E-state index in [4.69, 9.17) is 4.74 Å². The molecule has 1 amide bonds. The van der Waals surface area contributed by atoms with Crippen LogP contribution < -0.4 is 10.1 Å². The van der Waals surface area contributed by atoms with E-state index in [0.29, 0.717) is 5.16 Å². The topological polar surface area (TPSA) is 67.0 Å². The van der Waals surface area contributed by atoms with Gasteiger partial charge < -0.3 is 15.0 Å². The molecule has 0 bridgehead atoms. The Morgan fingerprint density at radius 1 is 1.21 bits per heavy atom. The summed E-state index contributed by atoms with van der Waals surface area (Å²) in [6.45, 7) is 0. The fourth-order valence-electron chi connectivity index (χ4n) is 2.92. The minimum atomic E-state index is -0.144. The van der Waals surface area contributed by atoms with Crippen molar-refractivity contribution in [2.24, 2.45) is 0 Å². The Morgan fingerprint density at radius 2 is 2.07 bits per heavy atom. The summed E-state index contributed by atoms with van der Waals surface area (Å²) in [5.41, 5.74) is 2.81. The lowest BCUT2D eigenvalue weighted by Crippen LogP contribution is -2.30. The summed E-state index contributed by atoms with van der Waals surface area (Å²) in [4.78, 5) is 21.5. The molecule has 142 valence electrons. The summed E-state index contributed by atoms with van der Waals surface area (Å²) < 4.78 is 5.23. The Labute approximate surface area is 171 Å². The summed E-state index contributed by atoms with van der Waals surface area (Å²) >= 11 is 3.02. The van der Waals surface area contributed by atoms with Gasteiger partial charge in [0.15, 0.2) is 5.16 Å². The number of hydrogen-bond acceptors (Lipinski definition) is 5. The molecule has 0 unspecified atom stereocenters. The van der Waals surface area contributed by atoms with Gasteiger partial charge in [0.25, 0.3) is 0 Å². The Kier molecular flexibility index (Phi) is 5.64. The highest BCUT2D eigenvalue weighted by Gasteiger charge is 2.18. The maximum atomic E-state index is 12.6. The molecule has 0 spiro atoms. The van der Waals surface area contributed by atoms with Crippen LogP contribution in [-0.4, -0.2) is 28.7 Å². The van der Waals surface area contributed by atoms with Crippen molar-refractivity contribution in [2.45, 2.75) is 11.2 Å². The largest absolute Gasteiger partial charge is 0.497 e. The van der Waals surface area contributed by atoms with Gasteiger partial charge >= 0.3 is 0 Å². The van der Waals surface area contributed by atoms with Crippen molar-refractivity contribution in [2.75, 3.05) is 12.9 Å². The third-order valence-corrected chi connectivity index (χ3v) is 6.08. The number of thioether (sulfide) groups is 1. The first-order valence-corrected chi connectivity index (χ1v) is 10.6. The number of carbonyl (C=O) groups is 1. The van der Waals surface area contributed by atoms with Gasteiger partial charge in [-0.3, -0.25) is 4.79 Å². The second kappa shape index (κ2) is 8.50. The Bertz CT molecular complexity index is 1060. The number of carbonyl (C=O) groups excluding carboxylic acids is 1. The number of H-pyrrole nitrogens is 1. The van der Waals surface area contributed by atoms with Crippen molar-refractivity contribution in [3.05, 3.63) is 76.5 Å². The van der Waals surface area contributed by atoms with E-state index in [-0.39, 0.29) is 17.7 Å². The summed E-state index contributed by atoms with van der Waals surface area (Å²) in [5, 5.41) is 5.88. The number of nitrogens with one attached hydrogen (secondary N) is 2. The first-order chi connectivity index (χ1) is 13.7. The second-order valence-corrected chi connectivity index (χ2v) is 8.08. The van der Waals surface area contributed by atoms with E-state index in [1.807, 2.05) is 66.0 Å². The quantitative estimate of drug-likeness (QED) is 0.437. The lowest BCUT2D eigenvalue weighted by molar-refractivity contribution is -0.119. The molecule has 4 aromatic rings. The number of thiophene rings is 1. The van der Waals surface area contributed by atoms with E-state index < -0.39 is 0 Å². The van der Waals surface area contributed by atoms with Crippen LogP contribution in [0.2, 0.25) is 0 Å². The molecule has 0 fully saturated rings. The number of nitrogens with zero attached hydrogens (tertiary/aromatic N) is 1. The SMILES string of the molecule is COc1ccc2nc(SCC(=O)N[C@H](c3ccccc3)c3cccs3)[nH]c2c1. The molecule has 4 rings (SSSR count). The number of aromatic amines is 1. The zero-order valence-corrected chi connectivity index (χ0v) is 16.8. The van der Waals surface area contributed by atoms with Gasteiger partial charge in [0.2, 0.25) is 5.91 Å². The molecular formula is C21H19N3O2S2. The van der Waals surface area contributed by atoms with Gasteiger partial charge in [-0.05, 0) is 29.1 Å². The van der Waals surface area contributed by atoms with Crippen LogP contribution in [0.15, 0.2) is 71.2 Å². The van der Waals surface area contributed by atoms with Crippen molar-refractivity contribution in [3.8, 4) is 5.75 Å². The molecule has 2 aromatic carbocycles. The molecule has 0 aliphatic carbocycles. The Hall–Kier alpha value is -2.77. The van der Waals surface area contributed by atoms with Crippen LogP contribution in [0, 0.1) is 0 Å². The predicted molar refractivity (Wildman–Crippen MR) is 114 cm³/mol. The van der Waals surface area contributed by atoms with Crippen molar-refractivity contribution >= 4 is 40.0 Å². The molecule has 0 saturated heterocycles. The van der Waals surface area contributed by atoms with E-state index >= 15 is 0 Å². The van der Waals surface area contributed by atoms with E-state index in [0.717, 1.165) is 27.2 Å². The maximum absolute atomic E-state index is 12.6. The minimum Gasteiger partial charge on any atom is -0.497 e. The Balaban J connectivity index is 1.44. The first-order valence-electron chi connectivity index (χ1n) is 8.77. The van der Waals surface area contributed by atoms with Crippen molar-refractivity contribution in [3.63, 3.8) is 0 Å². The predicted octanol–water partition coefficient (Wildman–Crippen LogP) is 4.63. The molecule has 0 aliphatic heterocycles. The fourth-order valence-corrected chi connectivity index (χ4v) is 4.42. The third kappa shape index (κ3) is 4.21. The van der Waals surface area contributed by atoms with E-state index in [2.05, 4.69) is 15.3 Å². The van der Waals surface area contributed by atoms with Crippen LogP contribution >= 0.6 is 23.1 Å². The number of aromatic nitrogens is 2. The molecule has 2 heterocycles. The number of rotatable bonds is 7. The average Bonchev–Trinajstić information content (AvgIpc) is 3.40. The highest BCUT2D eigenvalue weighted by atomic mass is 32.2. The standard InChI is InChI=1S/C21H19N3O2S2/c1-26-15-9-10-16-17(12-15)23-21(22-16)28-13-19(25)24-20(18-8-5-11-27-18)14-6-3-2-4-7-14/h2-12,20H,13H2,1H3,(H,22,23)(H,24,25)/t20-/m1/s1. The number of ether oxygens (including phenoxy) is 1. The van der Waals surface area contributed by atoms with Crippen molar-refractivity contribution in [1.82, 2.24) is 15.3 Å². The van der Waals surface area contributed by atoms with Gasteiger partial charge in [-0.2, -0.15) is 0 Å². The minimum absolute atomic E-state index is 0.0368. The highest BCUT2D eigenvalue weighted by molar-refractivity contribution is 7.99. The van der Waals surface area contributed by atoms with E-state index in [1.54, 1.807) is 18.4 Å². The highest BCUT2D eigenvalue weighted by Crippen LogP contribution is 2.27. The van der Waals surface area contributed by atoms with Crippen LogP contribution in [0.5, 0.6) is 5.75 Å². The number of fused-ring (bicyclic) bond motifs is 1. The molecule has 7 heteroatoms. The third-order valence-electron chi connectivity index (χ3n) is 4.27. The molecule has 0 saturated carbocycles. The van der Waals surface area contributed by atoms with E-state index in [1.165, 1.54) is 11.8 Å². The molecule has 5 nitrogen and oxygen atoms in total. The van der Waals surface area contributed by atoms with Crippen molar-refractivity contribution < 1.29 is 9.53 Å². The number of amides is 1. The molecular weight excluding hydrogens is 390 g/mol. The zero-order valence-electron chi connectivity index (χ0n) is 15.2. The lowest BCUT2D eigenvalue weighted by atomic mass is 10.1. The van der Waals surface area contributed by atoms with Gasteiger partial charge in [-0.25, -0.2) is 4.98 Å². The van der Waals surface area contributed by atoms with Gasteiger partial charge in [0.1, 0.15) is 5.75 Å². The monoisotopic (exact) mass is 409 g/mol. The van der Waals surface area contributed by atoms with E-state index in [9.17, 15) is 4.79 Å². The summed E-state index contributed by atoms with van der Waals surface area (Å²) in [5.74, 6) is 1.02. The molecule has 0 radical (unpaired) electrons. The Morgan fingerprint density at radius 3 is 2.82 bits per heavy atom. The van der Waals surface area contributed by atoms with Crippen LogP contribution in [0.1, 0.15) is 16.5 Å². The second-order valence-electron chi connectivity index (χ2n) is 6.14. The van der Waals surface area contributed by atoms with Gasteiger partial charge in [-0.15, -0.1) is 11.3 Å². The van der Waals surface area contributed by atoms with Crippen LogP contribution in [0.25, 0.3) is 11.0 Å². The van der Waals surface area contributed by atoms with Crippen LogP contribution in [-0.2, 0) is 4.79 Å². The molecule has 0 aliphatic rings. The average molecular weight is 410 g/mol. The maximum Gasteiger partial charge on any atom is 0.231 e. The number of methoxy groups -OCH3 is 1. The summed E-state index contributed by atoms with van der Waals surface area (Å²) in [6.07, 6.45) is 0. The van der Waals surface area contributed by atoms with Crippen molar-refractivity contribution in [1.29, 1.82) is 0 Å². The molecule has 2 N–H and O–H groups in total. The zero-order chi connectivity index (χ0) is 19.3. The van der Waals surface area contributed by atoms with Gasteiger partial charge in [0, 0.05) is 10.9 Å². The number of hydrogen-bond donors (Lipinski definition) is 2. The summed E-state index contributed by atoms with van der Waals surface area (Å²) in [6, 6.07) is 19.6.